The van der Waals surface area contributed by atoms with Gasteiger partial charge in [-0.3, -0.25) is 0 Å². The molecule has 0 aromatic rings. The van der Waals surface area contributed by atoms with Crippen LogP contribution in [0.4, 0.5) is 0 Å². The van der Waals surface area contributed by atoms with Crippen molar-refractivity contribution in [2.45, 2.75) is 38.4 Å². The fourth-order valence-corrected chi connectivity index (χ4v) is 2.84. The van der Waals surface area contributed by atoms with E-state index in [0.717, 1.165) is 24.0 Å². The summed E-state index contributed by atoms with van der Waals surface area (Å²) in [5, 5.41) is 19.6. The molecule has 5 heteroatoms. The van der Waals surface area contributed by atoms with Crippen LogP contribution >= 0.6 is 0 Å². The summed E-state index contributed by atoms with van der Waals surface area (Å²) >= 11 is 0. The van der Waals surface area contributed by atoms with Crippen molar-refractivity contribution in [3.63, 3.8) is 0 Å². The first-order chi connectivity index (χ1) is 10.4. The van der Waals surface area contributed by atoms with Crippen LogP contribution in [0.3, 0.4) is 0 Å². The van der Waals surface area contributed by atoms with Crippen LogP contribution in [0.1, 0.15) is 26.2 Å². The predicted octanol–water partition coefficient (Wildman–Crippen LogP) is 2.55. The molecule has 120 valence electrons. The summed E-state index contributed by atoms with van der Waals surface area (Å²) in [5.41, 5.74) is 2.24. The molecule has 0 radical (unpaired) electrons. The van der Waals surface area contributed by atoms with Crippen molar-refractivity contribution in [3.05, 3.63) is 48.0 Å². The molecule has 1 aliphatic heterocycles. The lowest BCUT2D eigenvalue weighted by molar-refractivity contribution is -0.137. The Morgan fingerprint density at radius 3 is 2.95 bits per heavy atom. The maximum atomic E-state index is 11.7. The van der Waals surface area contributed by atoms with Crippen molar-refractivity contribution in [1.29, 1.82) is 0 Å². The molecule has 0 saturated carbocycles. The first-order valence-electron chi connectivity index (χ1n) is 7.32. The third-order valence-electron chi connectivity index (χ3n) is 3.99. The SMILES string of the molecule is C=C(O)OCC1=CCCC(C)=CC2OC(=O)C(=C)C2C(O)C1. The zero-order valence-corrected chi connectivity index (χ0v) is 12.7. The number of hydrogen-bond acceptors (Lipinski definition) is 5. The van der Waals surface area contributed by atoms with E-state index in [1.165, 1.54) is 0 Å². The van der Waals surface area contributed by atoms with Gasteiger partial charge in [0.25, 0.3) is 5.95 Å². The molecule has 22 heavy (non-hydrogen) atoms. The van der Waals surface area contributed by atoms with Crippen LogP contribution in [0.5, 0.6) is 0 Å². The van der Waals surface area contributed by atoms with Crippen LogP contribution in [-0.4, -0.2) is 35.0 Å². The highest BCUT2D eigenvalue weighted by Crippen LogP contribution is 2.34. The molecule has 2 rings (SSSR count). The van der Waals surface area contributed by atoms with Crippen LogP contribution in [0.15, 0.2) is 48.0 Å². The molecule has 5 nitrogen and oxygen atoms in total. The minimum atomic E-state index is -0.798. The minimum Gasteiger partial charge on any atom is -0.481 e. The molecule has 0 spiro atoms. The van der Waals surface area contributed by atoms with Gasteiger partial charge in [0.15, 0.2) is 0 Å². The van der Waals surface area contributed by atoms with Gasteiger partial charge in [0.2, 0.25) is 0 Å². The lowest BCUT2D eigenvalue weighted by Gasteiger charge is -2.24. The van der Waals surface area contributed by atoms with E-state index >= 15 is 0 Å². The maximum Gasteiger partial charge on any atom is 0.334 e. The third-order valence-corrected chi connectivity index (χ3v) is 3.99. The van der Waals surface area contributed by atoms with Crippen LogP contribution in [0, 0.1) is 5.92 Å². The maximum absolute atomic E-state index is 11.7. The Bertz CT molecular complexity index is 543. The monoisotopic (exact) mass is 306 g/mol. The van der Waals surface area contributed by atoms with E-state index < -0.39 is 24.1 Å². The van der Waals surface area contributed by atoms with E-state index in [2.05, 4.69) is 13.2 Å². The fraction of sp³-hybridized carbons (Fsp3) is 0.471. The predicted molar refractivity (Wildman–Crippen MR) is 81.9 cm³/mol. The molecule has 1 heterocycles. The van der Waals surface area contributed by atoms with E-state index in [-0.39, 0.29) is 12.6 Å². The van der Waals surface area contributed by atoms with Crippen LogP contribution in [0.25, 0.3) is 0 Å². The Kier molecular flexibility index (Phi) is 5.08. The Balaban J connectivity index is 2.22. The Morgan fingerprint density at radius 1 is 1.55 bits per heavy atom. The quantitative estimate of drug-likeness (QED) is 0.363. The van der Waals surface area contributed by atoms with Gasteiger partial charge in [-0.15, -0.1) is 0 Å². The second-order valence-corrected chi connectivity index (χ2v) is 5.79. The number of hydrogen-bond donors (Lipinski definition) is 2. The molecule has 0 bridgehead atoms. The number of esters is 1. The van der Waals surface area contributed by atoms with E-state index in [4.69, 9.17) is 14.6 Å². The molecule has 2 N–H and O–H groups in total. The second-order valence-electron chi connectivity index (χ2n) is 5.79. The summed E-state index contributed by atoms with van der Waals surface area (Å²) in [6, 6.07) is 0. The molecule has 0 aromatic heterocycles. The largest absolute Gasteiger partial charge is 0.481 e. The number of aliphatic hydroxyl groups excluding tert-OH is 2. The summed E-state index contributed by atoms with van der Waals surface area (Å²) in [6.45, 7) is 9.16. The van der Waals surface area contributed by atoms with E-state index in [9.17, 15) is 9.90 Å². The molecular weight excluding hydrogens is 284 g/mol. The van der Waals surface area contributed by atoms with Gasteiger partial charge >= 0.3 is 5.97 Å². The van der Waals surface area contributed by atoms with Gasteiger partial charge in [0, 0.05) is 5.57 Å². The Hall–Kier alpha value is -2.01. The minimum absolute atomic E-state index is 0.161. The Morgan fingerprint density at radius 2 is 2.27 bits per heavy atom. The van der Waals surface area contributed by atoms with Gasteiger partial charge in [-0.05, 0) is 44.4 Å². The van der Waals surface area contributed by atoms with Crippen LogP contribution in [-0.2, 0) is 14.3 Å². The molecule has 3 unspecified atom stereocenters. The molecule has 3 atom stereocenters. The van der Waals surface area contributed by atoms with E-state index in [1.54, 1.807) is 0 Å². The van der Waals surface area contributed by atoms with Crippen molar-refractivity contribution in [2.75, 3.05) is 6.61 Å². The standard InChI is InChI=1S/C17H22O5/c1-10-5-4-6-13(9-21-12(3)18)8-14(19)16-11(2)17(20)22-15(16)7-10/h6-7,14-16,18-19H,2-5,8-9H2,1H3. The molecular formula is C17H22O5. The Labute approximate surface area is 130 Å². The number of rotatable bonds is 3. The molecule has 0 amide bonds. The normalized spacial score (nSPS) is 29.1. The number of carbonyl (C=O) groups is 1. The highest BCUT2D eigenvalue weighted by atomic mass is 16.6. The summed E-state index contributed by atoms with van der Waals surface area (Å²) in [5.74, 6) is -1.27. The van der Waals surface area contributed by atoms with Crippen LogP contribution in [0.2, 0.25) is 0 Å². The van der Waals surface area contributed by atoms with E-state index in [1.807, 2.05) is 19.1 Å². The number of ether oxygens (including phenoxy) is 2. The van der Waals surface area contributed by atoms with Gasteiger partial charge in [-0.1, -0.05) is 18.2 Å². The van der Waals surface area contributed by atoms with Crippen molar-refractivity contribution >= 4 is 5.97 Å². The molecule has 1 aliphatic carbocycles. The first kappa shape index (κ1) is 16.4. The smallest absolute Gasteiger partial charge is 0.334 e. The average molecular weight is 306 g/mol. The molecule has 2 aliphatic rings. The summed E-state index contributed by atoms with van der Waals surface area (Å²) in [4.78, 5) is 11.7. The van der Waals surface area contributed by atoms with Crippen molar-refractivity contribution in [2.24, 2.45) is 5.92 Å². The summed E-state index contributed by atoms with van der Waals surface area (Å²) < 4.78 is 10.3. The lowest BCUT2D eigenvalue weighted by Crippen LogP contribution is -2.29. The van der Waals surface area contributed by atoms with E-state index in [0.29, 0.717) is 12.0 Å². The topological polar surface area (TPSA) is 76.0 Å². The number of aliphatic hydroxyl groups is 2. The van der Waals surface area contributed by atoms with Gasteiger partial charge < -0.3 is 19.7 Å². The molecule has 1 saturated heterocycles. The highest BCUT2D eigenvalue weighted by Gasteiger charge is 2.42. The summed E-state index contributed by atoms with van der Waals surface area (Å²) in [7, 11) is 0. The van der Waals surface area contributed by atoms with Gasteiger partial charge in [0.05, 0.1) is 12.0 Å². The van der Waals surface area contributed by atoms with Crippen molar-refractivity contribution in [1.82, 2.24) is 0 Å². The van der Waals surface area contributed by atoms with Gasteiger partial charge in [-0.25, -0.2) is 4.79 Å². The number of allylic oxidation sites excluding steroid dienone is 2. The van der Waals surface area contributed by atoms with Gasteiger partial charge in [0.1, 0.15) is 12.7 Å². The molecule has 0 aromatic carbocycles. The van der Waals surface area contributed by atoms with Crippen LogP contribution < -0.4 is 0 Å². The highest BCUT2D eigenvalue weighted by molar-refractivity contribution is 5.91. The number of carbonyl (C=O) groups excluding carboxylic acids is 1. The van der Waals surface area contributed by atoms with Crippen molar-refractivity contribution < 1.29 is 24.5 Å². The second kappa shape index (κ2) is 6.83. The number of fused-ring (bicyclic) bond motifs is 1. The first-order valence-corrected chi connectivity index (χ1v) is 7.32. The lowest BCUT2D eigenvalue weighted by atomic mass is 9.85. The zero-order chi connectivity index (χ0) is 16.3. The fourth-order valence-electron chi connectivity index (χ4n) is 2.84. The van der Waals surface area contributed by atoms with Gasteiger partial charge in [-0.2, -0.15) is 0 Å². The average Bonchev–Trinajstić information content (AvgIpc) is 2.70. The molecule has 1 fully saturated rings. The third kappa shape index (κ3) is 3.80. The zero-order valence-electron chi connectivity index (χ0n) is 12.7. The summed E-state index contributed by atoms with van der Waals surface area (Å²) in [6.07, 6.45) is 4.57. The van der Waals surface area contributed by atoms with Crippen molar-refractivity contribution in [3.8, 4) is 0 Å².